The smallest absolute Gasteiger partial charge is 0.209 e. The summed E-state index contributed by atoms with van der Waals surface area (Å²) in [6.07, 6.45) is -0.109. The third kappa shape index (κ3) is 2.87. The Morgan fingerprint density at radius 2 is 1.85 bits per heavy atom. The number of fused-ring (bicyclic) bond motifs is 3. The van der Waals surface area contributed by atoms with Crippen LogP contribution >= 0.6 is 0 Å². The Kier molecular flexibility index (Phi) is 5.51. The molecule has 0 saturated heterocycles. The second-order valence-electron chi connectivity index (χ2n) is 9.56. The number of Topliss-reactive ketones (excluding diaryl/α,β-unsaturated/α-hetero) is 3. The van der Waals surface area contributed by atoms with Gasteiger partial charge in [0.1, 0.15) is 22.8 Å². The summed E-state index contributed by atoms with van der Waals surface area (Å²) in [5.74, 6) is -5.63. The second-order valence-corrected chi connectivity index (χ2v) is 9.56. The molecule has 182 valence electrons. The third-order valence-corrected chi connectivity index (χ3v) is 7.57. The van der Waals surface area contributed by atoms with Gasteiger partial charge in [-0.05, 0) is 39.1 Å². The summed E-state index contributed by atoms with van der Waals surface area (Å²) in [7, 11) is 4.69. The van der Waals surface area contributed by atoms with Crippen molar-refractivity contribution in [3.05, 3.63) is 52.0 Å². The van der Waals surface area contributed by atoms with E-state index >= 15 is 0 Å². The van der Waals surface area contributed by atoms with Gasteiger partial charge in [0.15, 0.2) is 17.2 Å². The Bertz CT molecular complexity index is 1180. The summed E-state index contributed by atoms with van der Waals surface area (Å²) in [4.78, 5) is 41.6. The maximum atomic E-state index is 13.6. The molecule has 0 saturated carbocycles. The first kappa shape index (κ1) is 24.1. The maximum absolute atomic E-state index is 13.6. The number of carbonyl (C=O) groups excluding carboxylic acids is 3. The summed E-state index contributed by atoms with van der Waals surface area (Å²) >= 11 is 0. The van der Waals surface area contributed by atoms with Crippen LogP contribution in [0.25, 0.3) is 0 Å². The van der Waals surface area contributed by atoms with Crippen LogP contribution in [0, 0.1) is 11.8 Å². The maximum Gasteiger partial charge on any atom is 0.209 e. The number of aromatic hydroxyl groups is 1. The van der Waals surface area contributed by atoms with E-state index in [9.17, 15) is 34.8 Å². The van der Waals surface area contributed by atoms with Gasteiger partial charge in [-0.1, -0.05) is 19.1 Å². The SMILES string of the molecule is CCC(=O)C1=C(OC)C(N(C)C)C2CC3C(=C(O)C2(O)C1=O)C(=O)c1c(O)cccc1C3(C)O. The van der Waals surface area contributed by atoms with Crippen molar-refractivity contribution in [1.82, 2.24) is 4.90 Å². The molecule has 0 fully saturated rings. The molecule has 1 aromatic rings. The molecule has 0 heterocycles. The van der Waals surface area contributed by atoms with Crippen LogP contribution in [0.3, 0.4) is 0 Å². The first-order chi connectivity index (χ1) is 15.8. The quantitative estimate of drug-likeness (QED) is 0.479. The highest BCUT2D eigenvalue weighted by Gasteiger charge is 2.65. The van der Waals surface area contributed by atoms with Crippen molar-refractivity contribution in [2.24, 2.45) is 11.8 Å². The van der Waals surface area contributed by atoms with Crippen molar-refractivity contribution < 1.29 is 39.5 Å². The number of aliphatic hydroxyl groups is 3. The first-order valence-electron chi connectivity index (χ1n) is 11.1. The third-order valence-electron chi connectivity index (χ3n) is 7.57. The molecule has 0 bridgehead atoms. The Morgan fingerprint density at radius 1 is 1.21 bits per heavy atom. The molecular formula is C25H29NO8. The van der Waals surface area contributed by atoms with Gasteiger partial charge in [0.05, 0.1) is 24.3 Å². The minimum atomic E-state index is -2.59. The van der Waals surface area contributed by atoms with Crippen molar-refractivity contribution in [3.63, 3.8) is 0 Å². The highest BCUT2D eigenvalue weighted by molar-refractivity contribution is 6.25. The summed E-state index contributed by atoms with van der Waals surface area (Å²) in [6, 6.07) is 3.50. The summed E-state index contributed by atoms with van der Waals surface area (Å²) < 4.78 is 5.51. The van der Waals surface area contributed by atoms with Crippen molar-refractivity contribution in [1.29, 1.82) is 0 Å². The van der Waals surface area contributed by atoms with Gasteiger partial charge < -0.3 is 25.2 Å². The van der Waals surface area contributed by atoms with Gasteiger partial charge in [-0.25, -0.2) is 0 Å². The number of methoxy groups -OCH3 is 1. The van der Waals surface area contributed by atoms with E-state index in [0.29, 0.717) is 0 Å². The lowest BCUT2D eigenvalue weighted by atomic mass is 9.55. The fourth-order valence-corrected chi connectivity index (χ4v) is 5.91. The average Bonchev–Trinajstić information content (AvgIpc) is 2.78. The summed E-state index contributed by atoms with van der Waals surface area (Å²) in [5, 5.41) is 45.1. The van der Waals surface area contributed by atoms with Gasteiger partial charge in [0.25, 0.3) is 0 Å². The van der Waals surface area contributed by atoms with Crippen LogP contribution in [0.15, 0.2) is 40.9 Å². The van der Waals surface area contributed by atoms with Gasteiger partial charge in [0, 0.05) is 23.8 Å². The molecule has 9 nitrogen and oxygen atoms in total. The molecule has 0 amide bonds. The molecule has 3 aliphatic carbocycles. The van der Waals surface area contributed by atoms with E-state index in [1.165, 1.54) is 32.2 Å². The predicted molar refractivity (Wildman–Crippen MR) is 120 cm³/mol. The monoisotopic (exact) mass is 471 g/mol. The Hall–Kier alpha value is -3.01. The van der Waals surface area contributed by atoms with Crippen LogP contribution in [-0.4, -0.2) is 75.5 Å². The Morgan fingerprint density at radius 3 is 2.41 bits per heavy atom. The Balaban J connectivity index is 2.05. The number of ether oxygens (including phenoxy) is 1. The topological polar surface area (TPSA) is 145 Å². The minimum absolute atomic E-state index is 0.0380. The lowest BCUT2D eigenvalue weighted by molar-refractivity contribution is -0.152. The van der Waals surface area contributed by atoms with Gasteiger partial charge >= 0.3 is 0 Å². The number of hydrogen-bond donors (Lipinski definition) is 4. The summed E-state index contributed by atoms with van der Waals surface area (Å²) in [5.41, 5.74) is -4.99. The average molecular weight is 472 g/mol. The molecular weight excluding hydrogens is 442 g/mol. The van der Waals surface area contributed by atoms with Crippen LogP contribution in [-0.2, 0) is 19.9 Å². The Labute approximate surface area is 197 Å². The van der Waals surface area contributed by atoms with Crippen molar-refractivity contribution >= 4 is 17.3 Å². The zero-order chi connectivity index (χ0) is 25.3. The van der Waals surface area contributed by atoms with E-state index in [4.69, 9.17) is 4.74 Å². The molecule has 4 N–H and O–H groups in total. The van der Waals surface area contributed by atoms with Crippen LogP contribution in [0.2, 0.25) is 0 Å². The van der Waals surface area contributed by atoms with E-state index in [0.717, 1.165) is 0 Å². The molecule has 5 unspecified atom stereocenters. The number of phenols is 1. The number of rotatable bonds is 4. The predicted octanol–water partition coefficient (Wildman–Crippen LogP) is 1.37. The number of nitrogens with zero attached hydrogens (tertiary/aromatic N) is 1. The van der Waals surface area contributed by atoms with E-state index < -0.39 is 52.2 Å². The van der Waals surface area contributed by atoms with Gasteiger partial charge in [0.2, 0.25) is 5.78 Å². The highest BCUT2D eigenvalue weighted by atomic mass is 16.5. The largest absolute Gasteiger partial charge is 0.508 e. The van der Waals surface area contributed by atoms with Crippen LogP contribution in [0.1, 0.15) is 42.6 Å². The fourth-order valence-electron chi connectivity index (χ4n) is 5.91. The van der Waals surface area contributed by atoms with Gasteiger partial charge in [-0.15, -0.1) is 0 Å². The molecule has 34 heavy (non-hydrogen) atoms. The first-order valence-corrected chi connectivity index (χ1v) is 11.1. The molecule has 5 atom stereocenters. The minimum Gasteiger partial charge on any atom is -0.508 e. The van der Waals surface area contributed by atoms with E-state index in [1.807, 2.05) is 0 Å². The highest BCUT2D eigenvalue weighted by Crippen LogP contribution is 2.56. The number of likely N-dealkylation sites (N-methyl/N-ethyl adjacent to an activating group) is 1. The number of ketones is 3. The lowest BCUT2D eigenvalue weighted by Crippen LogP contribution is -2.64. The number of benzene rings is 1. The van der Waals surface area contributed by atoms with E-state index in [1.54, 1.807) is 25.9 Å². The molecule has 0 aliphatic heterocycles. The van der Waals surface area contributed by atoms with Crippen LogP contribution in [0.4, 0.5) is 0 Å². The number of carbonyl (C=O) groups is 3. The zero-order valence-electron chi connectivity index (χ0n) is 19.7. The van der Waals surface area contributed by atoms with Crippen LogP contribution in [0.5, 0.6) is 5.75 Å². The standard InChI is InChI=1S/C25H29NO8/c1-6-14(27)18-21(34-5)19(26(3)4)13-10-12-17(22(30)25(13,33)23(18)31)20(29)16-11(24(12,2)32)8-7-9-15(16)28/h7-9,12-13,19,28,30,32-33H,6,10H2,1-5H3. The van der Waals surface area contributed by atoms with Crippen molar-refractivity contribution in [2.45, 2.75) is 43.9 Å². The molecule has 9 heteroatoms. The van der Waals surface area contributed by atoms with E-state index in [2.05, 4.69) is 0 Å². The lowest BCUT2D eigenvalue weighted by Gasteiger charge is -2.53. The second kappa shape index (κ2) is 7.76. The van der Waals surface area contributed by atoms with Crippen molar-refractivity contribution in [3.8, 4) is 5.75 Å². The molecule has 4 rings (SSSR count). The molecule has 0 spiro atoms. The van der Waals surface area contributed by atoms with Gasteiger partial charge in [-0.2, -0.15) is 0 Å². The molecule has 0 radical (unpaired) electrons. The van der Waals surface area contributed by atoms with Gasteiger partial charge in [-0.3, -0.25) is 19.3 Å². The normalized spacial score (nSPS) is 33.0. The molecule has 1 aromatic carbocycles. The molecule has 0 aromatic heterocycles. The zero-order valence-corrected chi connectivity index (χ0v) is 19.7. The number of phenolic OH excluding ortho intramolecular Hbond substituents is 1. The van der Waals surface area contributed by atoms with Crippen molar-refractivity contribution in [2.75, 3.05) is 21.2 Å². The summed E-state index contributed by atoms with van der Waals surface area (Å²) in [6.45, 7) is 3.03. The fraction of sp³-hybridized carbons (Fsp3) is 0.480. The van der Waals surface area contributed by atoms with E-state index in [-0.39, 0.29) is 46.6 Å². The number of hydrogen-bond acceptors (Lipinski definition) is 9. The molecule has 3 aliphatic rings. The van der Waals surface area contributed by atoms with Crippen LogP contribution < -0.4 is 0 Å². The number of aliphatic hydroxyl groups excluding tert-OH is 1.